The smallest absolute Gasteiger partial charge is 0.0304 e. The van der Waals surface area contributed by atoms with E-state index in [0.717, 1.165) is 13.1 Å². The highest BCUT2D eigenvalue weighted by Gasteiger charge is 2.28. The zero-order chi connectivity index (χ0) is 8.16. The lowest BCUT2D eigenvalue weighted by Crippen LogP contribution is -2.55. The van der Waals surface area contributed by atoms with Crippen molar-refractivity contribution < 1.29 is 0 Å². The maximum atomic E-state index is 3.59. The third-order valence-electron chi connectivity index (χ3n) is 2.70. The van der Waals surface area contributed by atoms with Gasteiger partial charge < -0.3 is 10.6 Å². The molecule has 11 heavy (non-hydrogen) atoms. The normalized spacial score (nSPS) is 32.2. The van der Waals surface area contributed by atoms with Crippen molar-refractivity contribution in [2.45, 2.75) is 38.6 Å². The summed E-state index contributed by atoms with van der Waals surface area (Å²) in [5, 5.41) is 7.03. The molecule has 1 rings (SSSR count). The van der Waals surface area contributed by atoms with E-state index in [1.54, 1.807) is 0 Å². The van der Waals surface area contributed by atoms with Gasteiger partial charge in [-0.3, -0.25) is 0 Å². The number of likely N-dealkylation sites (N-methyl/N-ethyl adjacent to an activating group) is 1. The predicted molar refractivity (Wildman–Crippen MR) is 48.8 cm³/mol. The SMILES string of the molecule is CCNC1(CC)CCCNC1. The lowest BCUT2D eigenvalue weighted by Gasteiger charge is -2.37. The lowest BCUT2D eigenvalue weighted by atomic mass is 9.87. The van der Waals surface area contributed by atoms with E-state index in [9.17, 15) is 0 Å². The summed E-state index contributed by atoms with van der Waals surface area (Å²) in [6.07, 6.45) is 3.90. The molecule has 0 amide bonds. The van der Waals surface area contributed by atoms with E-state index in [0.29, 0.717) is 5.54 Å². The summed E-state index contributed by atoms with van der Waals surface area (Å²) in [6, 6.07) is 0. The molecular formula is C9H20N2. The Morgan fingerprint density at radius 2 is 2.27 bits per heavy atom. The fraction of sp³-hybridized carbons (Fsp3) is 1.00. The van der Waals surface area contributed by atoms with Gasteiger partial charge in [-0.25, -0.2) is 0 Å². The second-order valence-electron chi connectivity index (χ2n) is 3.44. The van der Waals surface area contributed by atoms with Crippen molar-refractivity contribution >= 4 is 0 Å². The lowest BCUT2D eigenvalue weighted by molar-refractivity contribution is 0.244. The summed E-state index contributed by atoms with van der Waals surface area (Å²) in [7, 11) is 0. The summed E-state index contributed by atoms with van der Waals surface area (Å²) >= 11 is 0. The summed E-state index contributed by atoms with van der Waals surface area (Å²) in [4.78, 5) is 0. The van der Waals surface area contributed by atoms with Crippen LogP contribution in [0.25, 0.3) is 0 Å². The Kier molecular flexibility index (Phi) is 3.34. The highest BCUT2D eigenvalue weighted by atomic mass is 15.0. The molecule has 1 heterocycles. The number of piperidine rings is 1. The number of hydrogen-bond donors (Lipinski definition) is 2. The minimum atomic E-state index is 0.410. The third kappa shape index (κ3) is 2.17. The van der Waals surface area contributed by atoms with Gasteiger partial charge in [-0.15, -0.1) is 0 Å². The van der Waals surface area contributed by atoms with E-state index in [1.807, 2.05) is 0 Å². The summed E-state index contributed by atoms with van der Waals surface area (Å²) in [6.45, 7) is 7.90. The molecule has 0 aromatic carbocycles. The van der Waals surface area contributed by atoms with Gasteiger partial charge in [-0.05, 0) is 32.4 Å². The zero-order valence-electron chi connectivity index (χ0n) is 7.74. The van der Waals surface area contributed by atoms with Crippen LogP contribution in [-0.4, -0.2) is 25.2 Å². The van der Waals surface area contributed by atoms with Crippen LogP contribution in [0.1, 0.15) is 33.1 Å². The molecule has 0 aromatic heterocycles. The molecule has 2 N–H and O–H groups in total. The minimum absolute atomic E-state index is 0.410. The van der Waals surface area contributed by atoms with Crippen LogP contribution in [0.5, 0.6) is 0 Å². The zero-order valence-corrected chi connectivity index (χ0v) is 7.74. The van der Waals surface area contributed by atoms with Crippen molar-refractivity contribution in [2.75, 3.05) is 19.6 Å². The van der Waals surface area contributed by atoms with E-state index in [2.05, 4.69) is 24.5 Å². The van der Waals surface area contributed by atoms with Crippen LogP contribution < -0.4 is 10.6 Å². The van der Waals surface area contributed by atoms with Gasteiger partial charge >= 0.3 is 0 Å². The van der Waals surface area contributed by atoms with Crippen molar-refractivity contribution in [3.63, 3.8) is 0 Å². The molecule has 66 valence electrons. The monoisotopic (exact) mass is 156 g/mol. The Morgan fingerprint density at radius 1 is 1.45 bits per heavy atom. The van der Waals surface area contributed by atoms with Gasteiger partial charge in [0.2, 0.25) is 0 Å². The third-order valence-corrected chi connectivity index (χ3v) is 2.70. The van der Waals surface area contributed by atoms with Gasteiger partial charge in [0.1, 0.15) is 0 Å². The first-order valence-corrected chi connectivity index (χ1v) is 4.79. The fourth-order valence-corrected chi connectivity index (χ4v) is 1.92. The molecule has 0 saturated carbocycles. The number of rotatable bonds is 3. The molecule has 1 fully saturated rings. The Labute approximate surface area is 69.8 Å². The largest absolute Gasteiger partial charge is 0.315 e. The van der Waals surface area contributed by atoms with Crippen LogP contribution in [0, 0.1) is 0 Å². The summed E-state index contributed by atoms with van der Waals surface area (Å²) in [5.41, 5.74) is 0.410. The van der Waals surface area contributed by atoms with Crippen molar-refractivity contribution in [1.82, 2.24) is 10.6 Å². The first-order chi connectivity index (χ1) is 5.33. The molecule has 0 aliphatic carbocycles. The molecule has 1 saturated heterocycles. The highest BCUT2D eigenvalue weighted by molar-refractivity contribution is 4.91. The van der Waals surface area contributed by atoms with Gasteiger partial charge in [0.25, 0.3) is 0 Å². The van der Waals surface area contributed by atoms with E-state index >= 15 is 0 Å². The van der Waals surface area contributed by atoms with Crippen LogP contribution in [0.4, 0.5) is 0 Å². The molecule has 0 radical (unpaired) electrons. The number of hydrogen-bond acceptors (Lipinski definition) is 2. The van der Waals surface area contributed by atoms with E-state index in [4.69, 9.17) is 0 Å². The summed E-state index contributed by atoms with van der Waals surface area (Å²) in [5.74, 6) is 0. The summed E-state index contributed by atoms with van der Waals surface area (Å²) < 4.78 is 0. The molecule has 1 aliphatic heterocycles. The Bertz CT molecular complexity index is 101. The van der Waals surface area contributed by atoms with Crippen molar-refractivity contribution in [2.24, 2.45) is 0 Å². The second kappa shape index (κ2) is 4.07. The average molecular weight is 156 g/mol. The van der Waals surface area contributed by atoms with Crippen LogP contribution in [0.2, 0.25) is 0 Å². The van der Waals surface area contributed by atoms with Gasteiger partial charge in [0.15, 0.2) is 0 Å². The Hall–Kier alpha value is -0.0800. The van der Waals surface area contributed by atoms with Crippen LogP contribution in [-0.2, 0) is 0 Å². The standard InChI is InChI=1S/C9H20N2/c1-3-9(11-4-2)6-5-7-10-8-9/h10-11H,3-8H2,1-2H3. The molecule has 1 aliphatic rings. The first kappa shape index (κ1) is 9.01. The predicted octanol–water partition coefficient (Wildman–Crippen LogP) is 1.13. The first-order valence-electron chi connectivity index (χ1n) is 4.79. The maximum absolute atomic E-state index is 3.59. The molecule has 0 aromatic rings. The topological polar surface area (TPSA) is 24.1 Å². The van der Waals surface area contributed by atoms with Crippen molar-refractivity contribution in [3.8, 4) is 0 Å². The van der Waals surface area contributed by atoms with Gasteiger partial charge in [-0.2, -0.15) is 0 Å². The van der Waals surface area contributed by atoms with E-state index in [1.165, 1.54) is 25.8 Å². The van der Waals surface area contributed by atoms with Gasteiger partial charge in [0.05, 0.1) is 0 Å². The molecule has 2 heteroatoms. The molecule has 0 bridgehead atoms. The number of nitrogens with one attached hydrogen (secondary N) is 2. The molecule has 0 spiro atoms. The molecule has 1 atom stereocenters. The average Bonchev–Trinajstić information content (AvgIpc) is 2.07. The van der Waals surface area contributed by atoms with Crippen LogP contribution in [0.3, 0.4) is 0 Å². The van der Waals surface area contributed by atoms with E-state index < -0.39 is 0 Å². The quantitative estimate of drug-likeness (QED) is 0.640. The maximum Gasteiger partial charge on any atom is 0.0304 e. The molecular weight excluding hydrogens is 136 g/mol. The van der Waals surface area contributed by atoms with E-state index in [-0.39, 0.29) is 0 Å². The minimum Gasteiger partial charge on any atom is -0.315 e. The van der Waals surface area contributed by atoms with Gasteiger partial charge in [-0.1, -0.05) is 13.8 Å². The fourth-order valence-electron chi connectivity index (χ4n) is 1.92. The molecule has 1 unspecified atom stereocenters. The molecule has 2 nitrogen and oxygen atoms in total. The van der Waals surface area contributed by atoms with Crippen molar-refractivity contribution in [3.05, 3.63) is 0 Å². The van der Waals surface area contributed by atoms with Gasteiger partial charge in [0, 0.05) is 12.1 Å². The Balaban J connectivity index is 2.42. The van der Waals surface area contributed by atoms with Crippen molar-refractivity contribution in [1.29, 1.82) is 0 Å². The highest BCUT2D eigenvalue weighted by Crippen LogP contribution is 2.19. The second-order valence-corrected chi connectivity index (χ2v) is 3.44. The Morgan fingerprint density at radius 3 is 2.73 bits per heavy atom. The van der Waals surface area contributed by atoms with Crippen LogP contribution in [0.15, 0.2) is 0 Å². The van der Waals surface area contributed by atoms with Crippen LogP contribution >= 0.6 is 0 Å².